The van der Waals surface area contributed by atoms with Crippen molar-refractivity contribution in [3.8, 4) is 22.9 Å². The summed E-state index contributed by atoms with van der Waals surface area (Å²) < 4.78 is 10.4. The first kappa shape index (κ1) is 15.9. The van der Waals surface area contributed by atoms with Crippen LogP contribution in [0.3, 0.4) is 0 Å². The molecule has 0 aliphatic heterocycles. The van der Waals surface area contributed by atoms with E-state index in [0.717, 1.165) is 5.56 Å². The lowest BCUT2D eigenvalue weighted by Gasteiger charge is -2.11. The Balaban J connectivity index is 1.70. The van der Waals surface area contributed by atoms with Gasteiger partial charge in [-0.2, -0.15) is 16.1 Å². The zero-order chi connectivity index (χ0) is 16.9. The summed E-state index contributed by atoms with van der Waals surface area (Å²) in [5.41, 5.74) is 1.39. The Morgan fingerprint density at radius 2 is 2.17 bits per heavy atom. The number of methoxy groups -OCH3 is 2. The van der Waals surface area contributed by atoms with Crippen molar-refractivity contribution in [2.75, 3.05) is 19.5 Å². The number of carbonyl (C=O) groups is 1. The smallest absolute Gasteiger partial charge is 0.248 e. The second-order valence-electron chi connectivity index (χ2n) is 4.77. The van der Waals surface area contributed by atoms with Crippen molar-refractivity contribution < 1.29 is 14.3 Å². The minimum atomic E-state index is -0.296. The first-order chi connectivity index (χ1) is 11.7. The van der Waals surface area contributed by atoms with Crippen LogP contribution in [0.25, 0.3) is 11.4 Å². The summed E-state index contributed by atoms with van der Waals surface area (Å²) >= 11 is 1.54. The molecule has 0 unspecified atom stereocenters. The van der Waals surface area contributed by atoms with Crippen molar-refractivity contribution in [2.45, 2.75) is 6.54 Å². The Morgan fingerprint density at radius 1 is 1.29 bits per heavy atom. The topological polar surface area (TPSA) is 91.2 Å². The maximum absolute atomic E-state index is 12.2. The molecule has 0 bridgehead atoms. The summed E-state index contributed by atoms with van der Waals surface area (Å²) in [6.45, 7) is -0.0580. The van der Waals surface area contributed by atoms with Crippen molar-refractivity contribution in [1.82, 2.24) is 20.2 Å². The van der Waals surface area contributed by atoms with Gasteiger partial charge in [-0.15, -0.1) is 10.2 Å². The highest BCUT2D eigenvalue weighted by molar-refractivity contribution is 7.08. The van der Waals surface area contributed by atoms with E-state index in [1.165, 1.54) is 11.9 Å². The van der Waals surface area contributed by atoms with E-state index in [4.69, 9.17) is 9.47 Å². The van der Waals surface area contributed by atoms with Gasteiger partial charge in [0.2, 0.25) is 11.7 Å². The molecule has 3 aromatic rings. The number of tetrazole rings is 1. The number of nitrogens with one attached hydrogen (secondary N) is 1. The summed E-state index contributed by atoms with van der Waals surface area (Å²) in [6.07, 6.45) is 0. The van der Waals surface area contributed by atoms with Gasteiger partial charge < -0.3 is 14.8 Å². The van der Waals surface area contributed by atoms with Crippen molar-refractivity contribution >= 4 is 22.9 Å². The molecule has 2 heterocycles. The van der Waals surface area contributed by atoms with Crippen LogP contribution in [0.15, 0.2) is 35.0 Å². The molecule has 9 heteroatoms. The normalized spacial score (nSPS) is 10.4. The monoisotopic (exact) mass is 345 g/mol. The molecule has 0 spiro atoms. The number of benzene rings is 1. The van der Waals surface area contributed by atoms with Crippen LogP contribution in [-0.2, 0) is 11.3 Å². The van der Waals surface area contributed by atoms with E-state index in [1.54, 1.807) is 36.6 Å². The largest absolute Gasteiger partial charge is 0.497 e. The van der Waals surface area contributed by atoms with Gasteiger partial charge in [0, 0.05) is 17.0 Å². The van der Waals surface area contributed by atoms with Gasteiger partial charge in [0.15, 0.2) is 0 Å². The van der Waals surface area contributed by atoms with Gasteiger partial charge in [-0.3, -0.25) is 4.79 Å². The number of rotatable bonds is 6. The lowest BCUT2D eigenvalue weighted by Crippen LogP contribution is -2.20. The number of ether oxygens (including phenoxy) is 2. The Morgan fingerprint density at radius 3 is 2.88 bits per heavy atom. The second-order valence-corrected chi connectivity index (χ2v) is 5.55. The van der Waals surface area contributed by atoms with Crippen molar-refractivity contribution in [1.29, 1.82) is 0 Å². The van der Waals surface area contributed by atoms with Crippen LogP contribution < -0.4 is 14.8 Å². The number of anilines is 1. The molecule has 0 aliphatic rings. The van der Waals surface area contributed by atoms with Crippen LogP contribution in [0.4, 0.5) is 5.69 Å². The highest BCUT2D eigenvalue weighted by Crippen LogP contribution is 2.28. The van der Waals surface area contributed by atoms with Crippen LogP contribution in [0.1, 0.15) is 0 Å². The van der Waals surface area contributed by atoms with E-state index >= 15 is 0 Å². The molecule has 3 rings (SSSR count). The third-order valence-corrected chi connectivity index (χ3v) is 3.88. The Labute approximate surface area is 142 Å². The molecule has 0 saturated heterocycles. The highest BCUT2D eigenvalue weighted by Gasteiger charge is 2.12. The molecule has 0 radical (unpaired) electrons. The van der Waals surface area contributed by atoms with Gasteiger partial charge in [-0.05, 0) is 28.8 Å². The molecule has 0 saturated carbocycles. The average Bonchev–Trinajstić information content (AvgIpc) is 3.25. The average molecular weight is 345 g/mol. The van der Waals surface area contributed by atoms with Gasteiger partial charge in [-0.1, -0.05) is 0 Å². The van der Waals surface area contributed by atoms with Crippen LogP contribution in [-0.4, -0.2) is 40.3 Å². The number of hydrogen-bond donors (Lipinski definition) is 1. The molecule has 24 heavy (non-hydrogen) atoms. The Kier molecular flexibility index (Phi) is 4.71. The molecule has 2 aromatic heterocycles. The van der Waals surface area contributed by atoms with Crippen LogP contribution in [0.5, 0.6) is 11.5 Å². The molecule has 124 valence electrons. The summed E-state index contributed by atoms with van der Waals surface area (Å²) in [6, 6.07) is 7.05. The van der Waals surface area contributed by atoms with Gasteiger partial charge in [0.1, 0.15) is 18.0 Å². The van der Waals surface area contributed by atoms with Crippen molar-refractivity contribution in [3.63, 3.8) is 0 Å². The fourth-order valence-electron chi connectivity index (χ4n) is 2.05. The van der Waals surface area contributed by atoms with E-state index in [2.05, 4.69) is 20.7 Å². The third kappa shape index (κ3) is 3.51. The molecule has 8 nitrogen and oxygen atoms in total. The third-order valence-electron chi connectivity index (χ3n) is 3.20. The number of amides is 1. The molecule has 0 aliphatic carbocycles. The molecular weight excluding hydrogens is 330 g/mol. The first-order valence-corrected chi connectivity index (χ1v) is 7.96. The van der Waals surface area contributed by atoms with Crippen LogP contribution in [0.2, 0.25) is 0 Å². The molecule has 1 amide bonds. The number of carbonyl (C=O) groups excluding carboxylic acids is 1. The first-order valence-electron chi connectivity index (χ1n) is 7.02. The predicted octanol–water partition coefficient (Wildman–Crippen LogP) is 2.06. The second kappa shape index (κ2) is 7.09. The Bertz CT molecular complexity index is 832. The quantitative estimate of drug-likeness (QED) is 0.735. The summed E-state index contributed by atoms with van der Waals surface area (Å²) in [5, 5.41) is 18.6. The van der Waals surface area contributed by atoms with Gasteiger partial charge in [0.05, 0.1) is 19.9 Å². The SMILES string of the molecule is COc1ccc(OC)c(NC(=O)Cn2nnc(-c3ccsc3)n2)c1. The van der Waals surface area contributed by atoms with E-state index in [9.17, 15) is 4.79 Å². The number of hydrogen-bond acceptors (Lipinski definition) is 7. The number of thiophene rings is 1. The Hall–Kier alpha value is -2.94. The molecule has 0 fully saturated rings. The zero-order valence-electron chi connectivity index (χ0n) is 13.1. The summed E-state index contributed by atoms with van der Waals surface area (Å²) in [4.78, 5) is 13.5. The molecule has 1 aromatic carbocycles. The van der Waals surface area contributed by atoms with E-state index in [-0.39, 0.29) is 12.5 Å². The van der Waals surface area contributed by atoms with Gasteiger partial charge >= 0.3 is 0 Å². The standard InChI is InChI=1S/C15H15N5O3S/c1-22-11-3-4-13(23-2)12(7-11)16-14(21)8-20-18-15(17-19-20)10-5-6-24-9-10/h3-7,9H,8H2,1-2H3,(H,16,21). The lowest BCUT2D eigenvalue weighted by molar-refractivity contribution is -0.117. The van der Waals surface area contributed by atoms with Crippen LogP contribution in [0, 0.1) is 0 Å². The number of aromatic nitrogens is 4. The fourth-order valence-corrected chi connectivity index (χ4v) is 2.68. The molecule has 0 atom stereocenters. The van der Waals surface area contributed by atoms with E-state index in [0.29, 0.717) is 23.0 Å². The lowest BCUT2D eigenvalue weighted by atomic mass is 10.2. The highest BCUT2D eigenvalue weighted by atomic mass is 32.1. The maximum Gasteiger partial charge on any atom is 0.248 e. The minimum absolute atomic E-state index is 0.0580. The van der Waals surface area contributed by atoms with Gasteiger partial charge in [-0.25, -0.2) is 0 Å². The zero-order valence-corrected chi connectivity index (χ0v) is 13.9. The number of nitrogens with zero attached hydrogens (tertiary/aromatic N) is 4. The van der Waals surface area contributed by atoms with E-state index in [1.807, 2.05) is 16.8 Å². The van der Waals surface area contributed by atoms with E-state index < -0.39 is 0 Å². The van der Waals surface area contributed by atoms with Crippen molar-refractivity contribution in [3.05, 3.63) is 35.0 Å². The predicted molar refractivity (Wildman–Crippen MR) is 89.3 cm³/mol. The summed E-state index contributed by atoms with van der Waals surface area (Å²) in [5.74, 6) is 1.35. The molecule has 1 N–H and O–H groups in total. The maximum atomic E-state index is 12.2. The minimum Gasteiger partial charge on any atom is -0.497 e. The fraction of sp³-hybridized carbons (Fsp3) is 0.200. The summed E-state index contributed by atoms with van der Waals surface area (Å²) in [7, 11) is 3.09. The van der Waals surface area contributed by atoms with Gasteiger partial charge in [0.25, 0.3) is 0 Å². The molecular formula is C15H15N5O3S. The van der Waals surface area contributed by atoms with Crippen LogP contribution >= 0.6 is 11.3 Å². The van der Waals surface area contributed by atoms with Crippen molar-refractivity contribution in [2.24, 2.45) is 0 Å².